The molecule has 0 unspecified atom stereocenters. The van der Waals surface area contributed by atoms with Gasteiger partial charge in [-0.2, -0.15) is 0 Å². The summed E-state index contributed by atoms with van der Waals surface area (Å²) in [5.41, 5.74) is 6.14. The smallest absolute Gasteiger partial charge is 0.121 e. The maximum Gasteiger partial charge on any atom is 0.121 e. The molecule has 0 fully saturated rings. The molecule has 0 bridgehead atoms. The van der Waals surface area contributed by atoms with Gasteiger partial charge in [0.15, 0.2) is 0 Å². The van der Waals surface area contributed by atoms with Crippen molar-refractivity contribution in [2.75, 3.05) is 12.3 Å². The van der Waals surface area contributed by atoms with Crippen LogP contribution in [0.4, 0.5) is 5.69 Å². The zero-order chi connectivity index (χ0) is 10.4. The lowest BCUT2D eigenvalue weighted by Gasteiger charge is -2.05. The lowest BCUT2D eigenvalue weighted by molar-refractivity contribution is 0.327. The van der Waals surface area contributed by atoms with E-state index in [2.05, 4.69) is 11.8 Å². The molecule has 14 heavy (non-hydrogen) atoms. The van der Waals surface area contributed by atoms with Crippen LogP contribution in [0, 0.1) is 11.8 Å². The van der Waals surface area contributed by atoms with Gasteiger partial charge in [-0.05, 0) is 19.1 Å². The minimum Gasteiger partial charge on any atom is -0.493 e. The Balaban J connectivity index is 2.50. The Kier molecular flexibility index (Phi) is 4.15. The van der Waals surface area contributed by atoms with E-state index in [4.69, 9.17) is 22.1 Å². The van der Waals surface area contributed by atoms with E-state index in [1.807, 2.05) is 0 Å². The number of hydrogen-bond acceptors (Lipinski definition) is 2. The highest BCUT2D eigenvalue weighted by Crippen LogP contribution is 2.23. The third-order valence-electron chi connectivity index (χ3n) is 1.64. The van der Waals surface area contributed by atoms with Gasteiger partial charge in [-0.3, -0.25) is 0 Å². The monoisotopic (exact) mass is 209 g/mol. The Morgan fingerprint density at radius 2 is 2.29 bits per heavy atom. The molecule has 0 aromatic heterocycles. The maximum absolute atomic E-state index is 5.76. The summed E-state index contributed by atoms with van der Waals surface area (Å²) in [6.45, 7) is 2.38. The molecule has 2 N–H and O–H groups in total. The largest absolute Gasteiger partial charge is 0.493 e. The average Bonchev–Trinajstić information content (AvgIpc) is 2.18. The Bertz CT molecular complexity index is 365. The highest BCUT2D eigenvalue weighted by molar-refractivity contribution is 6.33. The number of hydrogen-bond donors (Lipinski definition) is 1. The zero-order valence-electron chi connectivity index (χ0n) is 8.01. The van der Waals surface area contributed by atoms with Crippen molar-refractivity contribution >= 4 is 17.3 Å². The van der Waals surface area contributed by atoms with Crippen molar-refractivity contribution in [2.45, 2.75) is 13.3 Å². The summed E-state index contributed by atoms with van der Waals surface area (Å²) in [6, 6.07) is 5.22. The number of nitrogen functional groups attached to an aromatic ring is 1. The van der Waals surface area contributed by atoms with Gasteiger partial charge < -0.3 is 10.5 Å². The first-order valence-corrected chi connectivity index (χ1v) is 4.69. The fourth-order valence-corrected chi connectivity index (χ4v) is 1.07. The van der Waals surface area contributed by atoms with Crippen LogP contribution in [0.3, 0.4) is 0 Å². The molecule has 0 saturated heterocycles. The third kappa shape index (κ3) is 3.20. The molecule has 0 spiro atoms. The fourth-order valence-electron chi connectivity index (χ4n) is 0.957. The lowest BCUT2D eigenvalue weighted by Crippen LogP contribution is -1.96. The van der Waals surface area contributed by atoms with Crippen LogP contribution in [0.25, 0.3) is 0 Å². The first kappa shape index (κ1) is 10.7. The van der Waals surface area contributed by atoms with Crippen LogP contribution in [0.15, 0.2) is 18.2 Å². The van der Waals surface area contributed by atoms with Crippen LogP contribution in [0.1, 0.15) is 13.3 Å². The minimum absolute atomic E-state index is 0.533. The Morgan fingerprint density at radius 1 is 1.50 bits per heavy atom. The predicted octanol–water partition coefficient (Wildman–Crippen LogP) is 2.71. The Hall–Kier alpha value is -1.33. The summed E-state index contributed by atoms with van der Waals surface area (Å²) >= 11 is 5.76. The van der Waals surface area contributed by atoms with Gasteiger partial charge in [-0.15, -0.1) is 11.8 Å². The summed E-state index contributed by atoms with van der Waals surface area (Å²) in [7, 11) is 0. The molecule has 0 radical (unpaired) electrons. The molecule has 0 heterocycles. The molecule has 0 atom stereocenters. The first-order chi connectivity index (χ1) is 6.74. The van der Waals surface area contributed by atoms with Crippen LogP contribution in [-0.4, -0.2) is 6.61 Å². The van der Waals surface area contributed by atoms with Crippen molar-refractivity contribution in [3.8, 4) is 17.6 Å². The van der Waals surface area contributed by atoms with E-state index < -0.39 is 0 Å². The van der Waals surface area contributed by atoms with Crippen LogP contribution >= 0.6 is 11.6 Å². The molecule has 0 aliphatic carbocycles. The van der Waals surface area contributed by atoms with E-state index in [1.54, 1.807) is 25.1 Å². The van der Waals surface area contributed by atoms with E-state index in [0.29, 0.717) is 17.3 Å². The van der Waals surface area contributed by atoms with Crippen LogP contribution in [-0.2, 0) is 0 Å². The van der Waals surface area contributed by atoms with Crippen molar-refractivity contribution in [3.05, 3.63) is 23.2 Å². The van der Waals surface area contributed by atoms with Gasteiger partial charge >= 0.3 is 0 Å². The Morgan fingerprint density at radius 3 is 2.93 bits per heavy atom. The third-order valence-corrected chi connectivity index (χ3v) is 1.98. The number of halogens is 1. The molecule has 3 heteroatoms. The number of anilines is 1. The maximum atomic E-state index is 5.76. The summed E-state index contributed by atoms with van der Waals surface area (Å²) in [5, 5.41) is 0.547. The normalized spacial score (nSPS) is 9.00. The lowest BCUT2D eigenvalue weighted by atomic mass is 10.3. The van der Waals surface area contributed by atoms with Gasteiger partial charge in [-0.25, -0.2) is 0 Å². The van der Waals surface area contributed by atoms with Crippen LogP contribution < -0.4 is 10.5 Å². The second-order valence-electron chi connectivity index (χ2n) is 2.71. The molecule has 0 amide bonds. The SMILES string of the molecule is CC#CCCOc1ccc(Cl)c(N)c1. The van der Waals surface area contributed by atoms with E-state index in [1.165, 1.54) is 0 Å². The van der Waals surface area contributed by atoms with Crippen molar-refractivity contribution in [1.29, 1.82) is 0 Å². The molecule has 0 saturated carbocycles. The average molecular weight is 210 g/mol. The molecule has 74 valence electrons. The quantitative estimate of drug-likeness (QED) is 0.472. The van der Waals surface area contributed by atoms with Gasteiger partial charge in [-0.1, -0.05) is 11.6 Å². The van der Waals surface area contributed by atoms with Gasteiger partial charge in [0.2, 0.25) is 0 Å². The second-order valence-corrected chi connectivity index (χ2v) is 3.12. The molecule has 0 aliphatic rings. The fraction of sp³-hybridized carbons (Fsp3) is 0.273. The molecule has 1 rings (SSSR count). The second kappa shape index (κ2) is 5.41. The minimum atomic E-state index is 0.533. The summed E-state index contributed by atoms with van der Waals surface area (Å²) in [5.74, 6) is 6.44. The summed E-state index contributed by atoms with van der Waals surface area (Å²) in [4.78, 5) is 0. The van der Waals surface area contributed by atoms with Crippen molar-refractivity contribution in [3.63, 3.8) is 0 Å². The number of nitrogens with two attached hydrogens (primary N) is 1. The predicted molar refractivity (Wildman–Crippen MR) is 59.4 cm³/mol. The molecular formula is C11H12ClNO. The molecule has 1 aromatic rings. The standard InChI is InChI=1S/C11H12ClNO/c1-2-3-4-7-14-9-5-6-10(12)11(13)8-9/h5-6,8H,4,7,13H2,1H3. The van der Waals surface area contributed by atoms with Crippen molar-refractivity contribution < 1.29 is 4.74 Å². The molecular weight excluding hydrogens is 198 g/mol. The molecule has 0 aliphatic heterocycles. The van der Waals surface area contributed by atoms with Gasteiger partial charge in [0, 0.05) is 12.5 Å². The van der Waals surface area contributed by atoms with Crippen LogP contribution in [0.5, 0.6) is 5.75 Å². The topological polar surface area (TPSA) is 35.2 Å². The van der Waals surface area contributed by atoms with E-state index in [9.17, 15) is 0 Å². The van der Waals surface area contributed by atoms with Gasteiger partial charge in [0.05, 0.1) is 17.3 Å². The van der Waals surface area contributed by atoms with Crippen LogP contribution in [0.2, 0.25) is 5.02 Å². The Labute approximate surface area is 89.0 Å². The van der Waals surface area contributed by atoms with Gasteiger partial charge in [0.25, 0.3) is 0 Å². The highest BCUT2D eigenvalue weighted by atomic mass is 35.5. The molecule has 1 aromatic carbocycles. The summed E-state index contributed by atoms with van der Waals surface area (Å²) < 4.78 is 5.40. The zero-order valence-corrected chi connectivity index (χ0v) is 8.77. The number of ether oxygens (including phenoxy) is 1. The van der Waals surface area contributed by atoms with E-state index >= 15 is 0 Å². The summed E-state index contributed by atoms with van der Waals surface area (Å²) in [6.07, 6.45) is 0.721. The first-order valence-electron chi connectivity index (χ1n) is 4.31. The van der Waals surface area contributed by atoms with E-state index in [0.717, 1.165) is 12.2 Å². The van der Waals surface area contributed by atoms with E-state index in [-0.39, 0.29) is 0 Å². The number of rotatable bonds is 3. The molecule has 2 nitrogen and oxygen atoms in total. The van der Waals surface area contributed by atoms with Gasteiger partial charge in [0.1, 0.15) is 5.75 Å². The number of benzene rings is 1. The highest BCUT2D eigenvalue weighted by Gasteiger charge is 1.98. The van der Waals surface area contributed by atoms with Crippen molar-refractivity contribution in [2.24, 2.45) is 0 Å². The van der Waals surface area contributed by atoms with Crippen molar-refractivity contribution in [1.82, 2.24) is 0 Å².